The highest BCUT2D eigenvalue weighted by Crippen LogP contribution is 2.04. The predicted molar refractivity (Wildman–Crippen MR) is 80.2 cm³/mol. The molecule has 1 aromatic rings. The van der Waals surface area contributed by atoms with Gasteiger partial charge in [0.1, 0.15) is 0 Å². The van der Waals surface area contributed by atoms with E-state index in [2.05, 4.69) is 60.4 Å². The van der Waals surface area contributed by atoms with Crippen molar-refractivity contribution in [2.24, 2.45) is 0 Å². The SMILES string of the molecule is CCN(CCCN(C)C)CCNc1ccccc1. The first-order chi connectivity index (χ1) is 8.72. The smallest absolute Gasteiger partial charge is 0.0340 e. The van der Waals surface area contributed by atoms with Gasteiger partial charge in [0.25, 0.3) is 0 Å². The lowest BCUT2D eigenvalue weighted by molar-refractivity contribution is 0.275. The maximum atomic E-state index is 3.46. The van der Waals surface area contributed by atoms with Gasteiger partial charge < -0.3 is 15.1 Å². The lowest BCUT2D eigenvalue weighted by Gasteiger charge is -2.21. The summed E-state index contributed by atoms with van der Waals surface area (Å²) >= 11 is 0. The van der Waals surface area contributed by atoms with Crippen LogP contribution in [0.2, 0.25) is 0 Å². The number of rotatable bonds is 9. The Morgan fingerprint density at radius 2 is 1.72 bits per heavy atom. The van der Waals surface area contributed by atoms with Gasteiger partial charge in [-0.2, -0.15) is 0 Å². The zero-order valence-corrected chi connectivity index (χ0v) is 12.0. The number of hydrogen-bond donors (Lipinski definition) is 1. The Hall–Kier alpha value is -1.06. The van der Waals surface area contributed by atoms with Crippen LogP contribution < -0.4 is 5.32 Å². The molecule has 102 valence electrons. The average Bonchev–Trinajstić information content (AvgIpc) is 2.38. The summed E-state index contributed by atoms with van der Waals surface area (Å²) in [4.78, 5) is 4.75. The summed E-state index contributed by atoms with van der Waals surface area (Å²) in [5.41, 5.74) is 1.21. The summed E-state index contributed by atoms with van der Waals surface area (Å²) in [7, 11) is 4.26. The summed E-state index contributed by atoms with van der Waals surface area (Å²) in [5, 5.41) is 3.46. The van der Waals surface area contributed by atoms with Gasteiger partial charge in [-0.05, 0) is 52.3 Å². The molecule has 1 rings (SSSR count). The molecule has 0 unspecified atom stereocenters. The van der Waals surface area contributed by atoms with Crippen LogP contribution in [0.1, 0.15) is 13.3 Å². The van der Waals surface area contributed by atoms with Crippen molar-refractivity contribution >= 4 is 5.69 Å². The van der Waals surface area contributed by atoms with E-state index in [0.29, 0.717) is 0 Å². The second-order valence-corrected chi connectivity index (χ2v) is 4.88. The minimum Gasteiger partial charge on any atom is -0.384 e. The molecular formula is C15H27N3. The van der Waals surface area contributed by atoms with Crippen LogP contribution in [0.5, 0.6) is 0 Å². The minimum absolute atomic E-state index is 1.01. The minimum atomic E-state index is 1.01. The molecule has 0 spiro atoms. The maximum absolute atomic E-state index is 3.46. The summed E-state index contributed by atoms with van der Waals surface area (Å²) in [6, 6.07) is 10.4. The summed E-state index contributed by atoms with van der Waals surface area (Å²) < 4.78 is 0. The predicted octanol–water partition coefficient (Wildman–Crippen LogP) is 2.37. The van der Waals surface area contributed by atoms with Gasteiger partial charge >= 0.3 is 0 Å². The molecule has 1 N–H and O–H groups in total. The third-order valence-electron chi connectivity index (χ3n) is 3.06. The topological polar surface area (TPSA) is 18.5 Å². The first kappa shape index (κ1) is 15.0. The molecule has 18 heavy (non-hydrogen) atoms. The van der Waals surface area contributed by atoms with E-state index in [0.717, 1.165) is 19.6 Å². The van der Waals surface area contributed by atoms with E-state index in [1.165, 1.54) is 25.2 Å². The van der Waals surface area contributed by atoms with Crippen LogP contribution >= 0.6 is 0 Å². The molecule has 0 aliphatic heterocycles. The first-order valence-electron chi connectivity index (χ1n) is 6.88. The molecule has 0 amide bonds. The van der Waals surface area contributed by atoms with Crippen molar-refractivity contribution in [1.29, 1.82) is 0 Å². The van der Waals surface area contributed by atoms with Crippen molar-refractivity contribution in [2.45, 2.75) is 13.3 Å². The van der Waals surface area contributed by atoms with E-state index in [-0.39, 0.29) is 0 Å². The number of para-hydroxylation sites is 1. The van der Waals surface area contributed by atoms with Gasteiger partial charge in [0.2, 0.25) is 0 Å². The Bertz CT molecular complexity index is 298. The molecule has 0 saturated heterocycles. The first-order valence-corrected chi connectivity index (χ1v) is 6.88. The number of nitrogens with zero attached hydrogens (tertiary/aromatic N) is 2. The quantitative estimate of drug-likeness (QED) is 0.725. The number of benzene rings is 1. The van der Waals surface area contributed by atoms with Crippen LogP contribution in [0.3, 0.4) is 0 Å². The van der Waals surface area contributed by atoms with Gasteiger partial charge in [-0.3, -0.25) is 0 Å². The van der Waals surface area contributed by atoms with Crippen molar-refractivity contribution < 1.29 is 0 Å². The lowest BCUT2D eigenvalue weighted by atomic mass is 10.3. The molecule has 0 aromatic heterocycles. The largest absolute Gasteiger partial charge is 0.384 e. The van der Waals surface area contributed by atoms with Crippen LogP contribution in [0.15, 0.2) is 30.3 Å². The van der Waals surface area contributed by atoms with Gasteiger partial charge in [-0.15, -0.1) is 0 Å². The molecule has 3 nitrogen and oxygen atoms in total. The highest BCUT2D eigenvalue weighted by Gasteiger charge is 2.02. The zero-order chi connectivity index (χ0) is 13.2. The van der Waals surface area contributed by atoms with Gasteiger partial charge in [0, 0.05) is 18.8 Å². The van der Waals surface area contributed by atoms with Crippen molar-refractivity contribution in [2.75, 3.05) is 52.1 Å². The highest BCUT2D eigenvalue weighted by atomic mass is 15.1. The third-order valence-corrected chi connectivity index (χ3v) is 3.06. The number of likely N-dealkylation sites (N-methyl/N-ethyl adjacent to an activating group) is 1. The summed E-state index contributed by atoms with van der Waals surface area (Å²) in [6.07, 6.45) is 1.24. The van der Waals surface area contributed by atoms with E-state index >= 15 is 0 Å². The Balaban J connectivity index is 2.15. The Morgan fingerprint density at radius 1 is 1.00 bits per heavy atom. The van der Waals surface area contributed by atoms with Crippen molar-refractivity contribution in [1.82, 2.24) is 9.80 Å². The number of anilines is 1. The van der Waals surface area contributed by atoms with E-state index < -0.39 is 0 Å². The van der Waals surface area contributed by atoms with Crippen LogP contribution in [-0.4, -0.2) is 56.6 Å². The lowest BCUT2D eigenvalue weighted by Crippen LogP contribution is -2.31. The fraction of sp³-hybridized carbons (Fsp3) is 0.600. The van der Waals surface area contributed by atoms with Gasteiger partial charge in [-0.1, -0.05) is 25.1 Å². The van der Waals surface area contributed by atoms with Gasteiger partial charge in [0.15, 0.2) is 0 Å². The zero-order valence-electron chi connectivity index (χ0n) is 12.0. The maximum Gasteiger partial charge on any atom is 0.0340 e. The molecule has 0 atom stereocenters. The molecule has 0 saturated carbocycles. The molecule has 1 aromatic carbocycles. The number of nitrogens with one attached hydrogen (secondary N) is 1. The van der Waals surface area contributed by atoms with Crippen LogP contribution in [0.4, 0.5) is 5.69 Å². The van der Waals surface area contributed by atoms with E-state index in [1.54, 1.807) is 0 Å². The van der Waals surface area contributed by atoms with Gasteiger partial charge in [-0.25, -0.2) is 0 Å². The fourth-order valence-corrected chi connectivity index (χ4v) is 1.95. The Morgan fingerprint density at radius 3 is 2.33 bits per heavy atom. The normalized spacial score (nSPS) is 11.2. The molecule has 0 heterocycles. The molecule has 0 aliphatic carbocycles. The summed E-state index contributed by atoms with van der Waals surface area (Å²) in [6.45, 7) is 7.84. The number of hydrogen-bond acceptors (Lipinski definition) is 3. The monoisotopic (exact) mass is 249 g/mol. The van der Waals surface area contributed by atoms with Crippen molar-refractivity contribution in [3.63, 3.8) is 0 Å². The molecule has 0 fully saturated rings. The molecule has 0 bridgehead atoms. The van der Waals surface area contributed by atoms with Crippen LogP contribution in [-0.2, 0) is 0 Å². The molecule has 0 radical (unpaired) electrons. The fourth-order valence-electron chi connectivity index (χ4n) is 1.95. The second kappa shape index (κ2) is 8.95. The molecule has 3 heteroatoms. The Kier molecular flexibility index (Phi) is 7.46. The second-order valence-electron chi connectivity index (χ2n) is 4.88. The van der Waals surface area contributed by atoms with E-state index in [4.69, 9.17) is 0 Å². The molecule has 0 aliphatic rings. The third kappa shape index (κ3) is 6.62. The Labute approximate surface area is 112 Å². The standard InChI is InChI=1S/C15H27N3/c1-4-18(13-8-12-17(2)3)14-11-16-15-9-6-5-7-10-15/h5-7,9-10,16H,4,8,11-14H2,1-3H3. The molecular weight excluding hydrogens is 222 g/mol. The van der Waals surface area contributed by atoms with Gasteiger partial charge in [0.05, 0.1) is 0 Å². The van der Waals surface area contributed by atoms with Crippen LogP contribution in [0.25, 0.3) is 0 Å². The van der Waals surface area contributed by atoms with Crippen molar-refractivity contribution in [3.8, 4) is 0 Å². The van der Waals surface area contributed by atoms with Crippen molar-refractivity contribution in [3.05, 3.63) is 30.3 Å². The van der Waals surface area contributed by atoms with E-state index in [9.17, 15) is 0 Å². The van der Waals surface area contributed by atoms with Crippen LogP contribution in [0, 0.1) is 0 Å². The van der Waals surface area contributed by atoms with E-state index in [1.807, 2.05) is 6.07 Å². The average molecular weight is 249 g/mol. The summed E-state index contributed by atoms with van der Waals surface area (Å²) in [5.74, 6) is 0. The highest BCUT2D eigenvalue weighted by molar-refractivity contribution is 5.42.